The minimum atomic E-state index is -0.482. The molecule has 6 rings (SSSR count). The van der Waals surface area contributed by atoms with Crippen LogP contribution in [0.4, 0.5) is 10.1 Å². The summed E-state index contributed by atoms with van der Waals surface area (Å²) in [5.74, 6) is 0.167. The Morgan fingerprint density at radius 2 is 1.82 bits per heavy atom. The molecular weight excluding hydrogens is 483 g/mol. The third-order valence-electron chi connectivity index (χ3n) is 6.15. The van der Waals surface area contributed by atoms with Crippen LogP contribution in [0, 0.1) is 11.7 Å². The highest BCUT2D eigenvalue weighted by Gasteiger charge is 2.18. The summed E-state index contributed by atoms with van der Waals surface area (Å²) < 4.78 is 15.2. The number of aromatic amines is 2. The zero-order chi connectivity index (χ0) is 26.2. The average molecular weight is 507 g/mol. The van der Waals surface area contributed by atoms with Crippen molar-refractivity contribution in [3.63, 3.8) is 0 Å². The van der Waals surface area contributed by atoms with E-state index in [2.05, 4.69) is 35.5 Å². The van der Waals surface area contributed by atoms with Crippen LogP contribution in [0.2, 0.25) is 0 Å². The molecule has 1 amide bonds. The number of nitrogens with one attached hydrogen (secondary N) is 3. The number of anilines is 1. The number of hydrogen-bond donors (Lipinski definition) is 3. The van der Waals surface area contributed by atoms with Crippen LogP contribution in [0.1, 0.15) is 20.3 Å². The van der Waals surface area contributed by atoms with E-state index in [1.807, 2.05) is 38.1 Å². The lowest BCUT2D eigenvalue weighted by Crippen LogP contribution is -2.13. The summed E-state index contributed by atoms with van der Waals surface area (Å²) in [6, 6.07) is 10.6. The number of benzene rings is 1. The third-order valence-corrected chi connectivity index (χ3v) is 6.15. The Morgan fingerprint density at radius 1 is 0.974 bits per heavy atom. The number of fused-ring (bicyclic) bond motifs is 2. The first-order chi connectivity index (χ1) is 18.5. The largest absolute Gasteiger partial charge is 0.337 e. The zero-order valence-electron chi connectivity index (χ0n) is 20.7. The molecule has 38 heavy (non-hydrogen) atoms. The number of halogens is 1. The first-order valence-corrected chi connectivity index (χ1v) is 12.1. The maximum atomic E-state index is 15.2. The van der Waals surface area contributed by atoms with Gasteiger partial charge in [-0.25, -0.2) is 9.37 Å². The molecule has 5 heterocycles. The topological polar surface area (TPSA) is 125 Å². The Bertz CT molecular complexity index is 1790. The van der Waals surface area contributed by atoms with Gasteiger partial charge in [0.2, 0.25) is 5.91 Å². The van der Waals surface area contributed by atoms with E-state index in [9.17, 15) is 4.79 Å². The molecule has 3 N–H and O–H groups in total. The maximum Gasteiger partial charge on any atom is 0.224 e. The van der Waals surface area contributed by atoms with Crippen LogP contribution in [0.3, 0.4) is 0 Å². The normalized spacial score (nSPS) is 11.5. The molecule has 0 unspecified atom stereocenters. The Hall–Kier alpha value is -4.99. The van der Waals surface area contributed by atoms with Crippen LogP contribution < -0.4 is 5.32 Å². The van der Waals surface area contributed by atoms with E-state index in [4.69, 9.17) is 4.98 Å². The van der Waals surface area contributed by atoms with Gasteiger partial charge >= 0.3 is 0 Å². The second-order valence-corrected chi connectivity index (χ2v) is 9.44. The van der Waals surface area contributed by atoms with Crippen LogP contribution in [-0.4, -0.2) is 41.0 Å². The van der Waals surface area contributed by atoms with Gasteiger partial charge in [0, 0.05) is 47.7 Å². The van der Waals surface area contributed by atoms with Gasteiger partial charge in [0.05, 0.1) is 23.1 Å². The summed E-state index contributed by atoms with van der Waals surface area (Å²) in [4.78, 5) is 33.2. The van der Waals surface area contributed by atoms with E-state index >= 15 is 4.39 Å². The monoisotopic (exact) mass is 506 g/mol. The number of nitrogens with zero attached hydrogens (tertiary/aromatic N) is 5. The van der Waals surface area contributed by atoms with Gasteiger partial charge in [-0.05, 0) is 47.9 Å². The number of H-pyrrole nitrogens is 2. The number of aromatic nitrogens is 7. The molecule has 0 bridgehead atoms. The van der Waals surface area contributed by atoms with Gasteiger partial charge in [0.25, 0.3) is 0 Å². The highest BCUT2D eigenvalue weighted by Crippen LogP contribution is 2.34. The van der Waals surface area contributed by atoms with Crippen molar-refractivity contribution in [2.45, 2.75) is 20.3 Å². The highest BCUT2D eigenvalue weighted by atomic mass is 19.1. The van der Waals surface area contributed by atoms with Gasteiger partial charge in [-0.2, -0.15) is 5.10 Å². The molecule has 1 aromatic carbocycles. The van der Waals surface area contributed by atoms with Crippen LogP contribution in [-0.2, 0) is 4.79 Å². The molecule has 6 aromatic rings. The summed E-state index contributed by atoms with van der Waals surface area (Å²) in [6.45, 7) is 3.96. The molecule has 0 atom stereocenters. The second-order valence-electron chi connectivity index (χ2n) is 9.44. The summed E-state index contributed by atoms with van der Waals surface area (Å²) in [6.07, 6.45) is 8.72. The fourth-order valence-electron chi connectivity index (χ4n) is 4.45. The first-order valence-electron chi connectivity index (χ1n) is 12.1. The minimum Gasteiger partial charge on any atom is -0.337 e. The molecule has 0 aliphatic heterocycles. The fraction of sp³-hybridized carbons (Fsp3) is 0.143. The molecule has 0 aliphatic rings. The van der Waals surface area contributed by atoms with E-state index in [0.29, 0.717) is 51.4 Å². The second kappa shape index (κ2) is 9.47. The average Bonchev–Trinajstić information content (AvgIpc) is 3.53. The molecule has 0 saturated carbocycles. The Morgan fingerprint density at radius 3 is 2.63 bits per heavy atom. The van der Waals surface area contributed by atoms with Crippen molar-refractivity contribution in [1.82, 2.24) is 35.1 Å². The Labute approximate surface area is 216 Å². The standard InChI is InChI=1S/C28H23FN8O/c1-15(2)9-23(38)33-19-10-18(13-31-14-19)17-11-20-25(21(29)12-17)36-37-26(20)28-34-22-5-8-32-24(27(22)35-28)16-3-6-30-7-4-16/h3-8,10-15H,9H2,1-2H3,(H,33,38)(H,34,35)(H,36,37). The number of carbonyl (C=O) groups is 1. The van der Waals surface area contributed by atoms with Gasteiger partial charge in [0.15, 0.2) is 11.6 Å². The van der Waals surface area contributed by atoms with Crippen LogP contribution in [0.25, 0.3) is 55.8 Å². The van der Waals surface area contributed by atoms with E-state index in [0.717, 1.165) is 11.1 Å². The van der Waals surface area contributed by atoms with Crippen LogP contribution >= 0.6 is 0 Å². The number of hydrogen-bond acceptors (Lipinski definition) is 6. The Kier molecular flexibility index (Phi) is 5.83. The molecule has 0 fully saturated rings. The minimum absolute atomic E-state index is 0.0942. The lowest BCUT2D eigenvalue weighted by Gasteiger charge is -2.09. The number of carbonyl (C=O) groups excluding carboxylic acids is 1. The van der Waals surface area contributed by atoms with Crippen molar-refractivity contribution < 1.29 is 9.18 Å². The van der Waals surface area contributed by atoms with Crippen molar-refractivity contribution in [3.8, 4) is 33.9 Å². The summed E-state index contributed by atoms with van der Waals surface area (Å²) >= 11 is 0. The van der Waals surface area contributed by atoms with Crippen LogP contribution in [0.5, 0.6) is 0 Å². The first kappa shape index (κ1) is 23.4. The lowest BCUT2D eigenvalue weighted by atomic mass is 10.0. The number of pyridine rings is 3. The van der Waals surface area contributed by atoms with Gasteiger partial charge in [-0.3, -0.25) is 24.8 Å². The summed E-state index contributed by atoms with van der Waals surface area (Å²) in [5.41, 5.74) is 5.63. The summed E-state index contributed by atoms with van der Waals surface area (Å²) in [7, 11) is 0. The molecule has 10 heteroatoms. The van der Waals surface area contributed by atoms with Gasteiger partial charge in [-0.1, -0.05) is 13.8 Å². The van der Waals surface area contributed by atoms with E-state index in [1.165, 1.54) is 6.07 Å². The van der Waals surface area contributed by atoms with Gasteiger partial charge in [-0.15, -0.1) is 0 Å². The molecule has 0 saturated heterocycles. The number of rotatable bonds is 6. The van der Waals surface area contributed by atoms with E-state index in [-0.39, 0.29) is 17.3 Å². The van der Waals surface area contributed by atoms with Crippen molar-refractivity contribution in [3.05, 3.63) is 73.2 Å². The number of amides is 1. The Balaban J connectivity index is 1.41. The van der Waals surface area contributed by atoms with Gasteiger partial charge < -0.3 is 10.3 Å². The van der Waals surface area contributed by atoms with Crippen molar-refractivity contribution in [2.75, 3.05) is 5.32 Å². The molecule has 188 valence electrons. The van der Waals surface area contributed by atoms with Gasteiger partial charge in [0.1, 0.15) is 16.7 Å². The predicted octanol–water partition coefficient (Wildman–Crippen LogP) is 5.75. The maximum absolute atomic E-state index is 15.2. The van der Waals surface area contributed by atoms with Crippen LogP contribution in [0.15, 0.2) is 67.4 Å². The zero-order valence-corrected chi connectivity index (χ0v) is 20.7. The smallest absolute Gasteiger partial charge is 0.224 e. The lowest BCUT2D eigenvalue weighted by molar-refractivity contribution is -0.116. The molecule has 5 aromatic heterocycles. The molecule has 0 spiro atoms. The van der Waals surface area contributed by atoms with Crippen molar-refractivity contribution >= 4 is 33.5 Å². The summed E-state index contributed by atoms with van der Waals surface area (Å²) in [5, 5.41) is 10.6. The highest BCUT2D eigenvalue weighted by molar-refractivity contribution is 5.98. The molecule has 0 aliphatic carbocycles. The molecular formula is C28H23FN8O. The predicted molar refractivity (Wildman–Crippen MR) is 143 cm³/mol. The van der Waals surface area contributed by atoms with Crippen molar-refractivity contribution in [1.29, 1.82) is 0 Å². The fourth-order valence-corrected chi connectivity index (χ4v) is 4.45. The molecule has 0 radical (unpaired) electrons. The van der Waals surface area contributed by atoms with Crippen molar-refractivity contribution in [2.24, 2.45) is 5.92 Å². The number of imidazole rings is 1. The van der Waals surface area contributed by atoms with E-state index in [1.54, 1.807) is 37.1 Å². The molecule has 9 nitrogen and oxygen atoms in total. The SMILES string of the molecule is CC(C)CC(=O)Nc1cncc(-c2cc(F)c3n[nH]c(-c4nc5c(-c6ccncc6)nccc5[nH]4)c3c2)c1. The van der Waals surface area contributed by atoms with E-state index < -0.39 is 5.82 Å². The quantitative estimate of drug-likeness (QED) is 0.264. The third kappa shape index (κ3) is 4.36.